The smallest absolute Gasteiger partial charge is 0.189 e. The second kappa shape index (κ2) is 8.78. The number of nitrogens with zero attached hydrogens (tertiary/aromatic N) is 3. The van der Waals surface area contributed by atoms with Gasteiger partial charge in [0, 0.05) is 32.4 Å². The third-order valence-corrected chi connectivity index (χ3v) is 4.59. The molecule has 0 amide bonds. The molecule has 1 aliphatic rings. The Bertz CT molecular complexity index is 759. The van der Waals surface area contributed by atoms with Crippen LogP contribution in [0.15, 0.2) is 36.5 Å². The van der Waals surface area contributed by atoms with E-state index in [2.05, 4.69) is 10.00 Å². The molecule has 0 saturated carbocycles. The van der Waals surface area contributed by atoms with Crippen molar-refractivity contribution in [1.82, 2.24) is 14.7 Å². The lowest BCUT2D eigenvalue weighted by atomic mass is 10.1. The van der Waals surface area contributed by atoms with Crippen molar-refractivity contribution in [1.29, 1.82) is 0 Å². The molecule has 1 aromatic carbocycles. The maximum absolute atomic E-state index is 12.2. The second-order valence-corrected chi connectivity index (χ2v) is 6.34. The molecule has 0 N–H and O–H groups in total. The summed E-state index contributed by atoms with van der Waals surface area (Å²) in [6, 6.07) is 7.76. The van der Waals surface area contributed by atoms with Crippen LogP contribution in [0.5, 0.6) is 5.75 Å². The molecule has 0 aliphatic carbocycles. The van der Waals surface area contributed by atoms with Gasteiger partial charge in [-0.05, 0) is 30.7 Å². The lowest BCUT2D eigenvalue weighted by Crippen LogP contribution is -2.38. The van der Waals surface area contributed by atoms with E-state index in [1.807, 2.05) is 44.3 Å². The van der Waals surface area contributed by atoms with Crippen molar-refractivity contribution in [2.24, 2.45) is 7.05 Å². The number of allylic oxidation sites excluding steroid dienone is 1. The lowest BCUT2D eigenvalue weighted by molar-refractivity contribution is 0.0322. The molecule has 0 bridgehead atoms. The molecule has 1 aliphatic heterocycles. The van der Waals surface area contributed by atoms with Gasteiger partial charge in [0.15, 0.2) is 5.78 Å². The van der Waals surface area contributed by atoms with Gasteiger partial charge in [-0.2, -0.15) is 5.10 Å². The number of hydrogen-bond acceptors (Lipinski definition) is 5. The van der Waals surface area contributed by atoms with Crippen LogP contribution in [0.3, 0.4) is 0 Å². The van der Waals surface area contributed by atoms with Gasteiger partial charge in [-0.1, -0.05) is 18.2 Å². The second-order valence-electron chi connectivity index (χ2n) is 6.34. The Morgan fingerprint density at radius 3 is 2.65 bits per heavy atom. The van der Waals surface area contributed by atoms with E-state index in [1.165, 1.54) is 0 Å². The zero-order valence-corrected chi connectivity index (χ0v) is 15.4. The average Bonchev–Trinajstić information content (AvgIpc) is 3.01. The van der Waals surface area contributed by atoms with Gasteiger partial charge in [0.05, 0.1) is 25.0 Å². The number of benzene rings is 1. The Morgan fingerprint density at radius 1 is 1.27 bits per heavy atom. The molecule has 3 rings (SSSR count). The van der Waals surface area contributed by atoms with Crippen LogP contribution in [0.1, 0.15) is 21.6 Å². The minimum atomic E-state index is -0.0403. The summed E-state index contributed by atoms with van der Waals surface area (Å²) in [4.78, 5) is 14.6. The molecule has 0 radical (unpaired) electrons. The Labute approximate surface area is 154 Å². The fraction of sp³-hybridized carbons (Fsp3) is 0.400. The fourth-order valence-electron chi connectivity index (χ4n) is 2.79. The number of hydrogen-bond donors (Lipinski definition) is 0. The van der Waals surface area contributed by atoms with Crippen LogP contribution in [0.4, 0.5) is 0 Å². The van der Waals surface area contributed by atoms with Gasteiger partial charge in [-0.3, -0.25) is 14.4 Å². The first-order chi connectivity index (χ1) is 12.6. The Balaban J connectivity index is 1.49. The number of carbonyl (C=O) groups is 1. The van der Waals surface area contributed by atoms with E-state index < -0.39 is 0 Å². The van der Waals surface area contributed by atoms with Crippen molar-refractivity contribution in [2.75, 3.05) is 39.5 Å². The third-order valence-electron chi connectivity index (χ3n) is 4.59. The molecule has 26 heavy (non-hydrogen) atoms. The topological polar surface area (TPSA) is 56.6 Å². The SMILES string of the molecule is Cc1c(C(=O)/C=C/c2ccc(OCCN3CCOCC3)cc2)cnn1C. The van der Waals surface area contributed by atoms with E-state index in [9.17, 15) is 4.79 Å². The van der Waals surface area contributed by atoms with Crippen LogP contribution in [0.2, 0.25) is 0 Å². The minimum Gasteiger partial charge on any atom is -0.492 e. The van der Waals surface area contributed by atoms with Gasteiger partial charge in [-0.15, -0.1) is 0 Å². The van der Waals surface area contributed by atoms with Crippen LogP contribution in [-0.2, 0) is 11.8 Å². The van der Waals surface area contributed by atoms with E-state index in [0.717, 1.165) is 49.9 Å². The molecule has 2 heterocycles. The van der Waals surface area contributed by atoms with Crippen molar-refractivity contribution < 1.29 is 14.3 Å². The Morgan fingerprint density at radius 2 is 2.00 bits per heavy atom. The van der Waals surface area contributed by atoms with Crippen LogP contribution < -0.4 is 4.74 Å². The minimum absolute atomic E-state index is 0.0403. The zero-order valence-electron chi connectivity index (χ0n) is 15.4. The number of aryl methyl sites for hydroxylation is 1. The van der Waals surface area contributed by atoms with E-state index in [1.54, 1.807) is 17.0 Å². The van der Waals surface area contributed by atoms with Crippen molar-refractivity contribution in [2.45, 2.75) is 6.92 Å². The van der Waals surface area contributed by atoms with E-state index in [4.69, 9.17) is 9.47 Å². The predicted octanol–water partition coefficient (Wildman–Crippen LogP) is 2.34. The summed E-state index contributed by atoms with van der Waals surface area (Å²) in [5, 5.41) is 4.10. The highest BCUT2D eigenvalue weighted by Gasteiger charge is 2.10. The van der Waals surface area contributed by atoms with Crippen LogP contribution >= 0.6 is 0 Å². The highest BCUT2D eigenvalue weighted by Crippen LogP contribution is 2.14. The normalized spacial score (nSPS) is 15.5. The Hall–Kier alpha value is -2.44. The van der Waals surface area contributed by atoms with Crippen molar-refractivity contribution in [3.05, 3.63) is 53.4 Å². The molecular formula is C20H25N3O3. The van der Waals surface area contributed by atoms with E-state index in [-0.39, 0.29) is 5.78 Å². The average molecular weight is 355 g/mol. The zero-order chi connectivity index (χ0) is 18.4. The van der Waals surface area contributed by atoms with Gasteiger partial charge < -0.3 is 9.47 Å². The monoisotopic (exact) mass is 355 g/mol. The van der Waals surface area contributed by atoms with Gasteiger partial charge >= 0.3 is 0 Å². The predicted molar refractivity (Wildman–Crippen MR) is 101 cm³/mol. The lowest BCUT2D eigenvalue weighted by Gasteiger charge is -2.26. The van der Waals surface area contributed by atoms with Crippen molar-refractivity contribution in [3.8, 4) is 5.75 Å². The number of ketones is 1. The molecule has 6 nitrogen and oxygen atoms in total. The maximum atomic E-state index is 12.2. The van der Waals surface area contributed by atoms with Gasteiger partial charge in [0.25, 0.3) is 0 Å². The van der Waals surface area contributed by atoms with Gasteiger partial charge in [-0.25, -0.2) is 0 Å². The number of aromatic nitrogens is 2. The van der Waals surface area contributed by atoms with Crippen LogP contribution in [0.25, 0.3) is 6.08 Å². The third kappa shape index (κ3) is 4.80. The molecule has 138 valence electrons. The molecular weight excluding hydrogens is 330 g/mol. The molecule has 1 aromatic heterocycles. The first kappa shape index (κ1) is 18.4. The molecule has 0 unspecified atom stereocenters. The largest absolute Gasteiger partial charge is 0.492 e. The number of ether oxygens (including phenoxy) is 2. The van der Waals surface area contributed by atoms with Crippen molar-refractivity contribution >= 4 is 11.9 Å². The maximum Gasteiger partial charge on any atom is 0.189 e. The summed E-state index contributed by atoms with van der Waals surface area (Å²) < 4.78 is 12.8. The molecule has 1 fully saturated rings. The fourth-order valence-corrected chi connectivity index (χ4v) is 2.79. The summed E-state index contributed by atoms with van der Waals surface area (Å²) in [5.41, 5.74) is 2.45. The highest BCUT2D eigenvalue weighted by atomic mass is 16.5. The number of morpholine rings is 1. The summed E-state index contributed by atoms with van der Waals surface area (Å²) in [5.74, 6) is 0.797. The highest BCUT2D eigenvalue weighted by molar-refractivity contribution is 6.07. The van der Waals surface area contributed by atoms with Crippen molar-refractivity contribution in [3.63, 3.8) is 0 Å². The molecule has 0 atom stereocenters. The summed E-state index contributed by atoms with van der Waals surface area (Å²) in [6.07, 6.45) is 5.00. The van der Waals surface area contributed by atoms with Crippen LogP contribution in [-0.4, -0.2) is 59.9 Å². The van der Waals surface area contributed by atoms with E-state index >= 15 is 0 Å². The standard InChI is InChI=1S/C20H25N3O3/c1-16-19(15-21-22(16)2)20(24)8-5-17-3-6-18(7-4-17)26-14-11-23-9-12-25-13-10-23/h3-8,15H,9-14H2,1-2H3/b8-5+. The number of carbonyl (C=O) groups excluding carboxylic acids is 1. The molecule has 0 spiro atoms. The quantitative estimate of drug-likeness (QED) is 0.564. The van der Waals surface area contributed by atoms with E-state index in [0.29, 0.717) is 12.2 Å². The summed E-state index contributed by atoms with van der Waals surface area (Å²) >= 11 is 0. The summed E-state index contributed by atoms with van der Waals surface area (Å²) in [7, 11) is 1.83. The molecule has 2 aromatic rings. The summed E-state index contributed by atoms with van der Waals surface area (Å²) in [6.45, 7) is 7.00. The first-order valence-electron chi connectivity index (χ1n) is 8.87. The first-order valence-corrected chi connectivity index (χ1v) is 8.87. The molecule has 1 saturated heterocycles. The van der Waals surface area contributed by atoms with Crippen LogP contribution in [0, 0.1) is 6.92 Å². The van der Waals surface area contributed by atoms with Gasteiger partial charge in [0.2, 0.25) is 0 Å². The molecule has 6 heteroatoms. The van der Waals surface area contributed by atoms with Gasteiger partial charge in [0.1, 0.15) is 12.4 Å². The number of rotatable bonds is 7. The Kier molecular flexibility index (Phi) is 6.20.